The number of para-hydroxylation sites is 1. The van der Waals surface area contributed by atoms with E-state index in [4.69, 9.17) is 9.47 Å². The van der Waals surface area contributed by atoms with E-state index in [1.54, 1.807) is 37.3 Å². The van der Waals surface area contributed by atoms with Gasteiger partial charge in [0.2, 0.25) is 0 Å². The molecule has 1 amide bonds. The Morgan fingerprint density at radius 1 is 1.04 bits per heavy atom. The number of carbonyl (C=O) groups excluding carboxylic acids is 1. The van der Waals surface area contributed by atoms with E-state index in [9.17, 15) is 9.59 Å². The van der Waals surface area contributed by atoms with Crippen LogP contribution < -0.4 is 15.0 Å². The number of carbonyl (C=O) groups is 1. The number of aromatic nitrogens is 1. The van der Waals surface area contributed by atoms with Crippen LogP contribution in [0.3, 0.4) is 0 Å². The highest BCUT2D eigenvalue weighted by molar-refractivity contribution is 5.95. The summed E-state index contributed by atoms with van der Waals surface area (Å²) >= 11 is 0. The molecule has 1 N–H and O–H groups in total. The molecule has 2 aromatic carbocycles. The molecule has 0 fully saturated rings. The normalized spacial score (nSPS) is 10.7. The Morgan fingerprint density at radius 3 is 2.36 bits per heavy atom. The van der Waals surface area contributed by atoms with Crippen LogP contribution in [-0.2, 0) is 6.54 Å². The number of benzene rings is 2. The van der Waals surface area contributed by atoms with Crippen molar-refractivity contribution in [2.45, 2.75) is 19.9 Å². The second-order valence-electron chi connectivity index (χ2n) is 6.54. The molecule has 0 aliphatic rings. The highest BCUT2D eigenvalue weighted by Gasteiger charge is 2.19. The topological polar surface area (TPSA) is 71.6 Å². The molecular formula is C22H24N2O4. The van der Waals surface area contributed by atoms with Crippen LogP contribution in [0.5, 0.6) is 11.5 Å². The van der Waals surface area contributed by atoms with Gasteiger partial charge in [-0.1, -0.05) is 25.1 Å². The number of pyridine rings is 1. The number of H-pyrrole nitrogens is 1. The number of rotatable bonds is 7. The Labute approximate surface area is 163 Å². The third kappa shape index (κ3) is 4.17. The van der Waals surface area contributed by atoms with Gasteiger partial charge in [-0.15, -0.1) is 0 Å². The average Bonchev–Trinajstić information content (AvgIpc) is 2.72. The molecule has 3 rings (SSSR count). The van der Waals surface area contributed by atoms with Gasteiger partial charge in [0.15, 0.2) is 0 Å². The summed E-state index contributed by atoms with van der Waals surface area (Å²) in [7, 11) is 3.09. The summed E-state index contributed by atoms with van der Waals surface area (Å²) < 4.78 is 10.5. The van der Waals surface area contributed by atoms with Crippen molar-refractivity contribution in [1.82, 2.24) is 9.88 Å². The van der Waals surface area contributed by atoms with E-state index < -0.39 is 0 Å². The molecule has 1 aromatic heterocycles. The van der Waals surface area contributed by atoms with E-state index >= 15 is 0 Å². The minimum Gasteiger partial charge on any atom is -0.497 e. The van der Waals surface area contributed by atoms with Crippen LogP contribution in [0.25, 0.3) is 10.9 Å². The zero-order chi connectivity index (χ0) is 20.1. The van der Waals surface area contributed by atoms with Gasteiger partial charge in [-0.25, -0.2) is 0 Å². The van der Waals surface area contributed by atoms with Crippen molar-refractivity contribution in [2.24, 2.45) is 0 Å². The van der Waals surface area contributed by atoms with Crippen molar-refractivity contribution in [3.63, 3.8) is 0 Å². The molecule has 0 bridgehead atoms. The van der Waals surface area contributed by atoms with Crippen molar-refractivity contribution in [3.05, 3.63) is 70.0 Å². The number of ether oxygens (including phenoxy) is 2. The maximum absolute atomic E-state index is 13.2. The van der Waals surface area contributed by atoms with E-state index in [1.807, 2.05) is 37.3 Å². The predicted molar refractivity (Wildman–Crippen MR) is 109 cm³/mol. The number of fused-ring (bicyclic) bond motifs is 1. The molecule has 0 aliphatic carbocycles. The Bertz CT molecular complexity index is 1020. The van der Waals surface area contributed by atoms with Crippen LogP contribution >= 0.6 is 0 Å². The number of methoxy groups -OCH3 is 2. The molecule has 0 radical (unpaired) electrons. The van der Waals surface area contributed by atoms with Crippen LogP contribution in [0.1, 0.15) is 29.3 Å². The van der Waals surface area contributed by atoms with Crippen molar-refractivity contribution in [3.8, 4) is 11.5 Å². The lowest BCUT2D eigenvalue weighted by Crippen LogP contribution is -2.33. The van der Waals surface area contributed by atoms with Crippen molar-refractivity contribution >= 4 is 16.8 Å². The molecule has 0 aliphatic heterocycles. The maximum atomic E-state index is 13.2. The summed E-state index contributed by atoms with van der Waals surface area (Å²) in [4.78, 5) is 30.2. The van der Waals surface area contributed by atoms with Crippen LogP contribution in [0.2, 0.25) is 0 Å². The van der Waals surface area contributed by atoms with Crippen LogP contribution in [0, 0.1) is 0 Å². The summed E-state index contributed by atoms with van der Waals surface area (Å²) in [5.41, 5.74) is 1.61. The van der Waals surface area contributed by atoms with Gasteiger partial charge in [0, 0.05) is 29.3 Å². The summed E-state index contributed by atoms with van der Waals surface area (Å²) in [6.07, 6.45) is 0.776. The lowest BCUT2D eigenvalue weighted by atomic mass is 10.1. The quantitative estimate of drug-likeness (QED) is 0.680. The number of aromatic amines is 1. The summed E-state index contributed by atoms with van der Waals surface area (Å²) in [6, 6.07) is 14.5. The molecule has 1 heterocycles. The SMILES string of the molecule is CCCN(Cc1cc2ccccc2[nH]c1=O)C(=O)c1cc(OC)cc(OC)c1. The molecule has 3 aromatic rings. The van der Waals surface area contributed by atoms with Gasteiger partial charge in [0.25, 0.3) is 11.5 Å². The Hall–Kier alpha value is -3.28. The van der Waals surface area contributed by atoms with Gasteiger partial charge in [-0.3, -0.25) is 9.59 Å². The molecule has 146 valence electrons. The van der Waals surface area contributed by atoms with Gasteiger partial charge in [0.1, 0.15) is 11.5 Å². The van der Waals surface area contributed by atoms with Gasteiger partial charge in [-0.05, 0) is 36.1 Å². The molecule has 0 saturated heterocycles. The molecule has 0 spiro atoms. The van der Waals surface area contributed by atoms with E-state index in [1.165, 1.54) is 0 Å². The minimum atomic E-state index is -0.184. The van der Waals surface area contributed by atoms with E-state index in [0.29, 0.717) is 29.2 Å². The first-order chi connectivity index (χ1) is 13.5. The van der Waals surface area contributed by atoms with Gasteiger partial charge < -0.3 is 19.4 Å². The zero-order valence-corrected chi connectivity index (χ0v) is 16.3. The minimum absolute atomic E-state index is 0.174. The summed E-state index contributed by atoms with van der Waals surface area (Å²) in [5, 5.41) is 0.934. The van der Waals surface area contributed by atoms with E-state index in [0.717, 1.165) is 17.3 Å². The van der Waals surface area contributed by atoms with Gasteiger partial charge >= 0.3 is 0 Å². The Morgan fingerprint density at radius 2 is 1.71 bits per heavy atom. The smallest absolute Gasteiger partial charge is 0.254 e. The molecule has 28 heavy (non-hydrogen) atoms. The van der Waals surface area contributed by atoms with E-state index in [2.05, 4.69) is 4.98 Å². The number of nitrogens with zero attached hydrogens (tertiary/aromatic N) is 1. The Kier molecular flexibility index (Phi) is 5.99. The third-order valence-electron chi connectivity index (χ3n) is 4.57. The highest BCUT2D eigenvalue weighted by atomic mass is 16.5. The fourth-order valence-electron chi connectivity index (χ4n) is 3.15. The van der Waals surface area contributed by atoms with Crippen molar-refractivity contribution in [2.75, 3.05) is 20.8 Å². The number of hydrogen-bond donors (Lipinski definition) is 1. The van der Waals surface area contributed by atoms with Crippen LogP contribution in [0.4, 0.5) is 0 Å². The largest absolute Gasteiger partial charge is 0.497 e. The molecule has 0 unspecified atom stereocenters. The molecule has 0 atom stereocenters. The number of amides is 1. The van der Waals surface area contributed by atoms with Crippen LogP contribution in [0.15, 0.2) is 53.3 Å². The maximum Gasteiger partial charge on any atom is 0.254 e. The Balaban J connectivity index is 1.95. The van der Waals surface area contributed by atoms with Gasteiger partial charge in [-0.2, -0.15) is 0 Å². The standard InChI is InChI=1S/C22H24N2O4/c1-4-9-24(22(26)16-11-18(27-2)13-19(12-16)28-3)14-17-10-15-7-5-6-8-20(15)23-21(17)25/h5-8,10-13H,4,9,14H2,1-3H3,(H,23,25). The van der Waals surface area contributed by atoms with Crippen LogP contribution in [-0.4, -0.2) is 36.6 Å². The van der Waals surface area contributed by atoms with Gasteiger partial charge in [0.05, 0.1) is 20.8 Å². The first kappa shape index (κ1) is 19.5. The summed E-state index contributed by atoms with van der Waals surface area (Å²) in [5.74, 6) is 0.914. The molecule has 6 heteroatoms. The molecule has 6 nitrogen and oxygen atoms in total. The first-order valence-corrected chi connectivity index (χ1v) is 9.19. The molecule has 0 saturated carbocycles. The fraction of sp³-hybridized carbons (Fsp3) is 0.273. The highest BCUT2D eigenvalue weighted by Crippen LogP contribution is 2.24. The number of hydrogen-bond acceptors (Lipinski definition) is 4. The third-order valence-corrected chi connectivity index (χ3v) is 4.57. The second kappa shape index (κ2) is 8.61. The summed E-state index contributed by atoms with van der Waals surface area (Å²) in [6.45, 7) is 2.76. The van der Waals surface area contributed by atoms with E-state index in [-0.39, 0.29) is 18.0 Å². The molecular weight excluding hydrogens is 356 g/mol. The fourth-order valence-corrected chi connectivity index (χ4v) is 3.15. The number of nitrogens with one attached hydrogen (secondary N) is 1. The lowest BCUT2D eigenvalue weighted by Gasteiger charge is -2.22. The van der Waals surface area contributed by atoms with Crippen molar-refractivity contribution < 1.29 is 14.3 Å². The lowest BCUT2D eigenvalue weighted by molar-refractivity contribution is 0.0742. The average molecular weight is 380 g/mol. The van der Waals surface area contributed by atoms with Crippen molar-refractivity contribution in [1.29, 1.82) is 0 Å². The second-order valence-corrected chi connectivity index (χ2v) is 6.54. The predicted octanol–water partition coefficient (Wildman–Crippen LogP) is 3.60. The first-order valence-electron chi connectivity index (χ1n) is 9.19. The monoisotopic (exact) mass is 380 g/mol. The zero-order valence-electron chi connectivity index (χ0n) is 16.3.